The highest BCUT2D eigenvalue weighted by molar-refractivity contribution is 7.80. The predicted octanol–water partition coefficient (Wildman–Crippen LogP) is 2.68. The quantitative estimate of drug-likeness (QED) is 0.408. The van der Waals surface area contributed by atoms with E-state index in [-0.39, 0.29) is 21.9 Å². The Balaban J connectivity index is 1.78. The molecule has 27 heavy (non-hydrogen) atoms. The third-order valence-electron chi connectivity index (χ3n) is 4.37. The van der Waals surface area contributed by atoms with E-state index in [0.29, 0.717) is 10.6 Å². The zero-order valence-corrected chi connectivity index (χ0v) is 16.0. The highest BCUT2D eigenvalue weighted by Crippen LogP contribution is 2.38. The minimum Gasteiger partial charge on any atom is -0.365 e. The molecule has 1 aromatic carbocycles. The third-order valence-corrected chi connectivity index (χ3v) is 5.78. The van der Waals surface area contributed by atoms with Gasteiger partial charge in [0, 0.05) is 22.1 Å². The number of primary amides is 1. The van der Waals surface area contributed by atoms with Gasteiger partial charge in [-0.2, -0.15) is 0 Å². The molecule has 2 amide bonds. The number of nitro benzene ring substituents is 1. The van der Waals surface area contributed by atoms with Crippen molar-refractivity contribution in [3.63, 3.8) is 0 Å². The molecule has 1 aliphatic carbocycles. The van der Waals surface area contributed by atoms with Crippen LogP contribution in [0.3, 0.4) is 0 Å². The summed E-state index contributed by atoms with van der Waals surface area (Å²) in [5.74, 6) is -1.11. The molecule has 0 saturated carbocycles. The van der Waals surface area contributed by atoms with Crippen LogP contribution in [0.1, 0.15) is 43.1 Å². The summed E-state index contributed by atoms with van der Waals surface area (Å²) in [4.78, 5) is 35.8. The Bertz CT molecular complexity index is 984. The van der Waals surface area contributed by atoms with E-state index < -0.39 is 16.7 Å². The van der Waals surface area contributed by atoms with Gasteiger partial charge < -0.3 is 11.1 Å². The number of hydrogen-bond acceptors (Lipinski definition) is 6. The summed E-state index contributed by atoms with van der Waals surface area (Å²) in [7, 11) is 0. The van der Waals surface area contributed by atoms with E-state index in [2.05, 4.69) is 10.6 Å². The summed E-state index contributed by atoms with van der Waals surface area (Å²) in [6, 6.07) is 4.25. The molecule has 2 aromatic rings. The minimum absolute atomic E-state index is 0.00618. The highest BCUT2D eigenvalue weighted by Gasteiger charge is 2.26. The molecule has 0 aliphatic heterocycles. The Morgan fingerprint density at radius 1 is 1.33 bits per heavy atom. The van der Waals surface area contributed by atoms with Crippen molar-refractivity contribution in [3.8, 4) is 0 Å². The molecule has 1 heterocycles. The summed E-state index contributed by atoms with van der Waals surface area (Å²) in [6.45, 7) is 1.50. The topological polar surface area (TPSA) is 127 Å². The summed E-state index contributed by atoms with van der Waals surface area (Å²) in [5, 5.41) is 16.9. The lowest BCUT2D eigenvalue weighted by Gasteiger charge is -2.11. The summed E-state index contributed by atoms with van der Waals surface area (Å²) in [5.41, 5.74) is 7.10. The molecular weight excluding hydrogens is 388 g/mol. The Labute approximate surface area is 163 Å². The number of nitro groups is 1. The predicted molar refractivity (Wildman–Crippen MR) is 106 cm³/mol. The van der Waals surface area contributed by atoms with Gasteiger partial charge in [-0.05, 0) is 50.0 Å². The van der Waals surface area contributed by atoms with Crippen LogP contribution in [0.25, 0.3) is 0 Å². The molecule has 4 N–H and O–H groups in total. The number of anilines is 1. The molecule has 1 aliphatic rings. The van der Waals surface area contributed by atoms with Gasteiger partial charge in [-0.25, -0.2) is 0 Å². The molecule has 0 atom stereocenters. The van der Waals surface area contributed by atoms with Crippen molar-refractivity contribution >= 4 is 51.2 Å². The first-order valence-electron chi connectivity index (χ1n) is 8.10. The van der Waals surface area contributed by atoms with E-state index in [9.17, 15) is 19.7 Å². The number of fused-ring (bicyclic) bond motifs is 1. The summed E-state index contributed by atoms with van der Waals surface area (Å²) < 4.78 is 0. The van der Waals surface area contributed by atoms with Crippen molar-refractivity contribution in [1.29, 1.82) is 0 Å². The second kappa shape index (κ2) is 7.41. The molecular formula is C17H16N4O4S2. The Hall–Kier alpha value is -2.85. The number of hydrogen-bond donors (Lipinski definition) is 3. The Morgan fingerprint density at radius 2 is 2.07 bits per heavy atom. The minimum atomic E-state index is -0.571. The number of amides is 2. The van der Waals surface area contributed by atoms with Crippen LogP contribution in [0.2, 0.25) is 0 Å². The lowest BCUT2D eigenvalue weighted by Crippen LogP contribution is -2.34. The molecule has 8 nitrogen and oxygen atoms in total. The number of thiophene rings is 1. The first-order valence-corrected chi connectivity index (χ1v) is 9.32. The van der Waals surface area contributed by atoms with E-state index in [1.807, 2.05) is 0 Å². The Morgan fingerprint density at radius 3 is 2.74 bits per heavy atom. The van der Waals surface area contributed by atoms with E-state index in [4.69, 9.17) is 18.0 Å². The number of benzene rings is 1. The molecule has 0 unspecified atom stereocenters. The number of aryl methyl sites for hydroxylation is 1. The van der Waals surface area contributed by atoms with Crippen LogP contribution in [0.4, 0.5) is 10.7 Å². The SMILES string of the molecule is Cc1c(C(=O)NC(=S)Nc2sc3c(c2C(N)=O)CCC3)cccc1[N+](=O)[O-]. The van der Waals surface area contributed by atoms with Gasteiger partial charge in [-0.15, -0.1) is 11.3 Å². The van der Waals surface area contributed by atoms with Crippen LogP contribution in [0.5, 0.6) is 0 Å². The fraction of sp³-hybridized carbons (Fsp3) is 0.235. The van der Waals surface area contributed by atoms with Gasteiger partial charge >= 0.3 is 0 Å². The number of nitrogens with two attached hydrogens (primary N) is 1. The molecule has 0 saturated heterocycles. The smallest absolute Gasteiger partial charge is 0.273 e. The number of carbonyl (C=O) groups excluding carboxylic acids is 2. The van der Waals surface area contributed by atoms with E-state index in [1.54, 1.807) is 0 Å². The van der Waals surface area contributed by atoms with Gasteiger partial charge in [-0.1, -0.05) is 6.07 Å². The first-order chi connectivity index (χ1) is 12.8. The number of nitrogens with one attached hydrogen (secondary N) is 2. The average molecular weight is 404 g/mol. The maximum absolute atomic E-state index is 12.4. The Kier molecular flexibility index (Phi) is 5.19. The number of carbonyl (C=O) groups is 2. The maximum atomic E-state index is 12.4. The van der Waals surface area contributed by atoms with E-state index in [1.165, 1.54) is 36.5 Å². The zero-order chi connectivity index (χ0) is 19.7. The highest BCUT2D eigenvalue weighted by atomic mass is 32.1. The molecule has 140 valence electrons. The van der Waals surface area contributed by atoms with Gasteiger partial charge in [-0.3, -0.25) is 25.0 Å². The standard InChI is InChI=1S/C17H16N4O4S2/c1-8-9(4-2-6-11(8)21(24)25)15(23)19-17(26)20-16-13(14(18)22)10-5-3-7-12(10)27-16/h2,4,6H,3,5,7H2,1H3,(H2,18,22)(H2,19,20,23,26). The molecule has 10 heteroatoms. The van der Waals surface area contributed by atoms with Gasteiger partial charge in [0.1, 0.15) is 5.00 Å². The second-order valence-corrected chi connectivity index (χ2v) is 7.55. The lowest BCUT2D eigenvalue weighted by molar-refractivity contribution is -0.385. The molecule has 0 radical (unpaired) electrons. The zero-order valence-electron chi connectivity index (χ0n) is 14.3. The van der Waals surface area contributed by atoms with Gasteiger partial charge in [0.05, 0.1) is 10.5 Å². The molecule has 1 aromatic heterocycles. The monoisotopic (exact) mass is 404 g/mol. The normalized spacial score (nSPS) is 12.3. The van der Waals surface area contributed by atoms with Gasteiger partial charge in [0.15, 0.2) is 5.11 Å². The fourth-order valence-corrected chi connectivity index (χ4v) is 4.68. The number of thiocarbonyl (C=S) groups is 1. The molecule has 0 fully saturated rings. The van der Waals surface area contributed by atoms with E-state index >= 15 is 0 Å². The van der Waals surface area contributed by atoms with Gasteiger partial charge in [0.2, 0.25) is 0 Å². The fourth-order valence-electron chi connectivity index (χ4n) is 3.13. The van der Waals surface area contributed by atoms with Crippen molar-refractivity contribution in [2.45, 2.75) is 26.2 Å². The molecule has 0 bridgehead atoms. The van der Waals surface area contributed by atoms with Crippen molar-refractivity contribution in [2.24, 2.45) is 5.73 Å². The summed E-state index contributed by atoms with van der Waals surface area (Å²) >= 11 is 6.57. The first kappa shape index (κ1) is 18.9. The van der Waals surface area contributed by atoms with Crippen LogP contribution >= 0.6 is 23.6 Å². The average Bonchev–Trinajstić information content (AvgIpc) is 3.14. The van der Waals surface area contributed by atoms with Crippen LogP contribution in [0, 0.1) is 17.0 Å². The lowest BCUT2D eigenvalue weighted by atomic mass is 10.1. The van der Waals surface area contributed by atoms with E-state index in [0.717, 1.165) is 29.7 Å². The van der Waals surface area contributed by atoms with Crippen LogP contribution in [-0.2, 0) is 12.8 Å². The van der Waals surface area contributed by atoms with Crippen molar-refractivity contribution < 1.29 is 14.5 Å². The second-order valence-electron chi connectivity index (χ2n) is 6.04. The van der Waals surface area contributed by atoms with Crippen LogP contribution < -0.4 is 16.4 Å². The summed E-state index contributed by atoms with van der Waals surface area (Å²) in [6.07, 6.45) is 2.65. The maximum Gasteiger partial charge on any atom is 0.273 e. The third kappa shape index (κ3) is 3.67. The van der Waals surface area contributed by atoms with Gasteiger partial charge in [0.25, 0.3) is 17.5 Å². The van der Waals surface area contributed by atoms with Crippen molar-refractivity contribution in [3.05, 3.63) is 55.4 Å². The molecule has 3 rings (SSSR count). The van der Waals surface area contributed by atoms with Crippen LogP contribution in [-0.4, -0.2) is 21.9 Å². The molecule has 0 spiro atoms. The van der Waals surface area contributed by atoms with Crippen LogP contribution in [0.15, 0.2) is 18.2 Å². The van der Waals surface area contributed by atoms with Crippen molar-refractivity contribution in [1.82, 2.24) is 5.32 Å². The van der Waals surface area contributed by atoms with Crippen molar-refractivity contribution in [2.75, 3.05) is 5.32 Å². The largest absolute Gasteiger partial charge is 0.365 e. The number of rotatable bonds is 4. The number of nitrogens with zero attached hydrogens (tertiary/aromatic N) is 1.